The van der Waals surface area contributed by atoms with Gasteiger partial charge in [0.2, 0.25) is 15.9 Å². The number of urea groups is 1. The van der Waals surface area contributed by atoms with Crippen LogP contribution in [0.25, 0.3) is 0 Å². The van der Waals surface area contributed by atoms with Gasteiger partial charge < -0.3 is 20.2 Å². The summed E-state index contributed by atoms with van der Waals surface area (Å²) < 4.78 is 29.1. The van der Waals surface area contributed by atoms with Gasteiger partial charge in [0, 0.05) is 26.2 Å². The third kappa shape index (κ3) is 10.1. The molecule has 0 unspecified atom stereocenters. The Morgan fingerprint density at radius 2 is 1.58 bits per heavy atom. The normalized spacial score (nSPS) is 16.3. The van der Waals surface area contributed by atoms with Crippen molar-refractivity contribution in [2.24, 2.45) is 22.2 Å². The second kappa shape index (κ2) is 18.4. The number of sulfonamides is 1. The minimum atomic E-state index is -4.09. The summed E-state index contributed by atoms with van der Waals surface area (Å²) in [4.78, 5) is 57.7. The monoisotopic (exact) mass is 749 g/mol. The molecule has 14 nitrogen and oxygen atoms in total. The molecule has 0 saturated carbocycles. The Labute approximate surface area is 312 Å². The van der Waals surface area contributed by atoms with E-state index in [1.165, 1.54) is 28.6 Å². The van der Waals surface area contributed by atoms with Gasteiger partial charge in [0.15, 0.2) is 0 Å². The van der Waals surface area contributed by atoms with Crippen LogP contribution in [0.15, 0.2) is 88.0 Å². The molecule has 0 spiro atoms. The zero-order chi connectivity index (χ0) is 38.8. The van der Waals surface area contributed by atoms with Crippen molar-refractivity contribution in [2.75, 3.05) is 26.2 Å². The Kier molecular flexibility index (Phi) is 14.3. The molecule has 53 heavy (non-hydrogen) atoms. The van der Waals surface area contributed by atoms with Crippen LogP contribution < -0.4 is 5.32 Å². The zero-order valence-corrected chi connectivity index (χ0v) is 31.9. The standard InChI is InChI=1S/C38H51N7O7S/c1-6-28(4)38(5,45-20-19-43(37(45)48)25-32-14-10-13-31(41-32)23-40-50)36(47)42-34(21-29-11-8-7-9-12-29)35(46)26-44(24-27(2)3)53(51,52)33-17-15-30(16-18-33)22-39-49/h7-18,27-28,34-35,46H,6,19-26H2,1-5H3,(H,42,47)/t28-,34-,35+,38-/m0/s1. The van der Waals surface area contributed by atoms with Gasteiger partial charge in [-0.25, -0.2) is 13.2 Å². The summed E-state index contributed by atoms with van der Waals surface area (Å²) in [5, 5.41) is 20.7. The maximum absolute atomic E-state index is 14.6. The number of rotatable bonds is 20. The molecule has 15 heteroatoms. The highest BCUT2D eigenvalue weighted by molar-refractivity contribution is 7.89. The number of pyridine rings is 1. The number of amides is 3. The molecule has 2 heterocycles. The molecule has 2 aromatic carbocycles. The molecule has 3 amide bonds. The average Bonchev–Trinajstić information content (AvgIpc) is 3.50. The molecule has 1 fully saturated rings. The number of benzene rings is 2. The molecule has 4 rings (SSSR count). The maximum Gasteiger partial charge on any atom is 0.321 e. The highest BCUT2D eigenvalue weighted by Gasteiger charge is 2.50. The molecule has 0 bridgehead atoms. The van der Waals surface area contributed by atoms with Gasteiger partial charge in [-0.3, -0.25) is 9.78 Å². The van der Waals surface area contributed by atoms with Gasteiger partial charge >= 0.3 is 6.03 Å². The Hall–Kier alpha value is -4.60. The number of nitrogens with zero attached hydrogens (tertiary/aromatic N) is 6. The SMILES string of the molecule is CC[C@H](C)[C@@](C)(C(=O)N[C@@H](Cc1ccccc1)[C@H](O)CN(CC(C)C)S(=O)(=O)c1ccc(CN=O)cc1)N1CCN(Cc2cccc(CN=O)n2)C1=O. The molecule has 286 valence electrons. The molecule has 0 aliphatic carbocycles. The van der Waals surface area contributed by atoms with Crippen LogP contribution in [0.3, 0.4) is 0 Å². The smallest absolute Gasteiger partial charge is 0.321 e. The second-order valence-electron chi connectivity index (χ2n) is 14.2. The summed E-state index contributed by atoms with van der Waals surface area (Å²) in [6.07, 6.45) is -0.563. The third-order valence-electron chi connectivity index (χ3n) is 9.98. The summed E-state index contributed by atoms with van der Waals surface area (Å²) in [6.45, 7) is 9.78. The Balaban J connectivity index is 1.62. The van der Waals surface area contributed by atoms with Crippen molar-refractivity contribution in [3.63, 3.8) is 0 Å². The van der Waals surface area contributed by atoms with Gasteiger partial charge in [-0.1, -0.05) is 93.0 Å². The zero-order valence-electron chi connectivity index (χ0n) is 31.1. The van der Waals surface area contributed by atoms with E-state index in [1.54, 1.807) is 34.9 Å². The van der Waals surface area contributed by atoms with Crippen molar-refractivity contribution in [1.82, 2.24) is 24.4 Å². The van der Waals surface area contributed by atoms with E-state index in [0.29, 0.717) is 29.9 Å². The number of carbonyl (C=O) groups is 2. The fraction of sp³-hybridized carbons (Fsp3) is 0.500. The molecule has 4 atom stereocenters. The fourth-order valence-electron chi connectivity index (χ4n) is 6.61. The average molecular weight is 750 g/mol. The van der Waals surface area contributed by atoms with Gasteiger partial charge in [0.05, 0.1) is 35.0 Å². The first-order chi connectivity index (χ1) is 25.2. The quantitative estimate of drug-likeness (QED) is 0.150. The minimum absolute atomic E-state index is 0.00687. The molecule has 0 radical (unpaired) electrons. The van der Waals surface area contributed by atoms with E-state index >= 15 is 0 Å². The van der Waals surface area contributed by atoms with Crippen LogP contribution in [-0.2, 0) is 40.9 Å². The van der Waals surface area contributed by atoms with E-state index in [2.05, 4.69) is 20.7 Å². The molecular weight excluding hydrogens is 699 g/mol. The van der Waals surface area contributed by atoms with E-state index in [-0.39, 0.29) is 68.5 Å². The highest BCUT2D eigenvalue weighted by atomic mass is 32.2. The van der Waals surface area contributed by atoms with Gasteiger partial charge in [0.1, 0.15) is 18.6 Å². The molecule has 1 aliphatic rings. The lowest BCUT2D eigenvalue weighted by molar-refractivity contribution is -0.135. The van der Waals surface area contributed by atoms with Crippen LogP contribution in [0.1, 0.15) is 63.6 Å². The lowest BCUT2D eigenvalue weighted by atomic mass is 9.82. The van der Waals surface area contributed by atoms with Gasteiger partial charge in [-0.15, -0.1) is 0 Å². The topological polar surface area (TPSA) is 182 Å². The van der Waals surface area contributed by atoms with Crippen LogP contribution in [-0.4, -0.2) is 88.4 Å². The van der Waals surface area contributed by atoms with Crippen LogP contribution in [0.5, 0.6) is 0 Å². The molecule has 1 aromatic heterocycles. The predicted octanol–water partition coefficient (Wildman–Crippen LogP) is 5.09. The Morgan fingerprint density at radius 3 is 2.21 bits per heavy atom. The van der Waals surface area contributed by atoms with E-state index in [9.17, 15) is 32.9 Å². The van der Waals surface area contributed by atoms with E-state index in [1.807, 2.05) is 58.0 Å². The van der Waals surface area contributed by atoms with Crippen LogP contribution in [0, 0.1) is 21.6 Å². The number of nitrogens with one attached hydrogen (secondary N) is 1. The summed E-state index contributed by atoms with van der Waals surface area (Å²) in [5.41, 5.74) is 1.16. The van der Waals surface area contributed by atoms with Crippen LogP contribution in [0.4, 0.5) is 4.79 Å². The lowest BCUT2D eigenvalue weighted by Gasteiger charge is -2.43. The Morgan fingerprint density at radius 1 is 0.925 bits per heavy atom. The number of hydrogen-bond donors (Lipinski definition) is 2. The predicted molar refractivity (Wildman–Crippen MR) is 202 cm³/mol. The Bertz CT molecular complexity index is 1810. The molecule has 1 saturated heterocycles. The lowest BCUT2D eigenvalue weighted by Crippen LogP contribution is -2.64. The number of aliphatic hydroxyl groups is 1. The summed E-state index contributed by atoms with van der Waals surface area (Å²) in [6, 6.07) is 19.1. The van der Waals surface area contributed by atoms with E-state index < -0.39 is 33.6 Å². The van der Waals surface area contributed by atoms with E-state index in [0.717, 1.165) is 5.56 Å². The first kappa shape index (κ1) is 41.2. The van der Waals surface area contributed by atoms with Crippen molar-refractivity contribution in [2.45, 2.75) is 89.7 Å². The number of nitroso groups, excluding NO2 is 2. The number of carbonyl (C=O) groups excluding carboxylic acids is 2. The fourth-order valence-corrected chi connectivity index (χ4v) is 8.23. The first-order valence-electron chi connectivity index (χ1n) is 18.0. The molecule has 1 aliphatic heterocycles. The molecular formula is C38H51N7O7S. The van der Waals surface area contributed by atoms with Crippen molar-refractivity contribution >= 4 is 22.0 Å². The number of hydrogen-bond acceptors (Lipinski definition) is 10. The third-order valence-corrected chi connectivity index (χ3v) is 11.8. The molecule has 3 aromatic rings. The number of aliphatic hydroxyl groups excluding tert-OH is 1. The molecule has 2 N–H and O–H groups in total. The highest BCUT2D eigenvalue weighted by Crippen LogP contribution is 2.32. The van der Waals surface area contributed by atoms with Gasteiger partial charge in [-0.2, -0.15) is 14.1 Å². The second-order valence-corrected chi connectivity index (χ2v) is 16.1. The van der Waals surface area contributed by atoms with E-state index in [4.69, 9.17) is 0 Å². The van der Waals surface area contributed by atoms with Crippen LogP contribution in [0.2, 0.25) is 0 Å². The maximum atomic E-state index is 14.6. The van der Waals surface area contributed by atoms with Crippen molar-refractivity contribution in [1.29, 1.82) is 0 Å². The number of aromatic nitrogens is 1. The summed E-state index contributed by atoms with van der Waals surface area (Å²) >= 11 is 0. The largest absolute Gasteiger partial charge is 0.390 e. The van der Waals surface area contributed by atoms with Gasteiger partial charge in [0.25, 0.3) is 0 Å². The van der Waals surface area contributed by atoms with Crippen molar-refractivity contribution in [3.8, 4) is 0 Å². The summed E-state index contributed by atoms with van der Waals surface area (Å²) in [7, 11) is -4.09. The van der Waals surface area contributed by atoms with Crippen LogP contribution >= 0.6 is 0 Å². The van der Waals surface area contributed by atoms with Crippen molar-refractivity contribution < 1.29 is 23.1 Å². The summed E-state index contributed by atoms with van der Waals surface area (Å²) in [5.74, 6) is -0.844. The minimum Gasteiger partial charge on any atom is -0.390 e. The first-order valence-corrected chi connectivity index (χ1v) is 19.4. The van der Waals surface area contributed by atoms with Crippen molar-refractivity contribution in [3.05, 3.63) is 105 Å². The van der Waals surface area contributed by atoms with Gasteiger partial charge in [-0.05, 0) is 60.6 Å².